The highest BCUT2D eigenvalue weighted by Crippen LogP contribution is 2.41. The van der Waals surface area contributed by atoms with E-state index in [4.69, 9.17) is 9.15 Å². The van der Waals surface area contributed by atoms with Gasteiger partial charge in [-0.25, -0.2) is 4.79 Å². The minimum Gasteiger partial charge on any atom is -0.465 e. The molecule has 2 aromatic heterocycles. The summed E-state index contributed by atoms with van der Waals surface area (Å²) in [6.07, 6.45) is 0. The molecule has 0 bridgehead atoms. The third-order valence-corrected chi connectivity index (χ3v) is 5.67. The molecule has 0 N–H and O–H groups in total. The van der Waals surface area contributed by atoms with E-state index in [9.17, 15) is 14.4 Å². The molecule has 8 nitrogen and oxygen atoms in total. The molecule has 1 unspecified atom stereocenters. The molecule has 0 saturated heterocycles. The van der Waals surface area contributed by atoms with Crippen molar-refractivity contribution >= 4 is 39.3 Å². The quantitative estimate of drug-likeness (QED) is 0.470. The zero-order valence-electron chi connectivity index (χ0n) is 15.6. The molecule has 30 heavy (non-hydrogen) atoms. The molecular weight excluding hydrogens is 406 g/mol. The van der Waals surface area contributed by atoms with Gasteiger partial charge in [-0.2, -0.15) is 0 Å². The first kappa shape index (κ1) is 18.2. The number of hydrogen-bond acceptors (Lipinski definition) is 8. The summed E-state index contributed by atoms with van der Waals surface area (Å²) in [7, 11) is 1.30. The largest absolute Gasteiger partial charge is 0.465 e. The van der Waals surface area contributed by atoms with Crippen LogP contribution in [0.1, 0.15) is 38.1 Å². The zero-order valence-corrected chi connectivity index (χ0v) is 16.4. The number of fused-ring (bicyclic) bond motifs is 2. The van der Waals surface area contributed by atoms with Gasteiger partial charge in [0.05, 0.1) is 29.7 Å². The van der Waals surface area contributed by atoms with Crippen molar-refractivity contribution in [1.29, 1.82) is 0 Å². The lowest BCUT2D eigenvalue weighted by molar-refractivity contribution is 0.0600. The highest BCUT2D eigenvalue weighted by atomic mass is 32.1. The van der Waals surface area contributed by atoms with E-state index in [1.807, 2.05) is 0 Å². The second-order valence-corrected chi connectivity index (χ2v) is 7.39. The van der Waals surface area contributed by atoms with Crippen LogP contribution in [0.3, 0.4) is 0 Å². The van der Waals surface area contributed by atoms with Crippen LogP contribution in [-0.4, -0.2) is 29.2 Å². The molecule has 3 heterocycles. The first-order chi connectivity index (χ1) is 14.6. The van der Waals surface area contributed by atoms with E-state index in [0.29, 0.717) is 27.2 Å². The first-order valence-corrected chi connectivity index (χ1v) is 9.82. The molecule has 0 aliphatic carbocycles. The summed E-state index contributed by atoms with van der Waals surface area (Å²) in [5.74, 6) is -0.960. The summed E-state index contributed by atoms with van der Waals surface area (Å²) < 4.78 is 10.6. The Bertz CT molecular complexity index is 1350. The lowest BCUT2D eigenvalue weighted by Gasteiger charge is -2.22. The Morgan fingerprint density at radius 2 is 1.90 bits per heavy atom. The number of aromatic nitrogens is 2. The number of carbonyl (C=O) groups excluding carboxylic acids is 2. The number of ether oxygens (including phenoxy) is 1. The number of methoxy groups -OCH3 is 1. The smallest absolute Gasteiger partial charge is 0.337 e. The predicted octanol–water partition coefficient (Wildman–Crippen LogP) is 3.18. The highest BCUT2D eigenvalue weighted by Gasteiger charge is 2.44. The fraction of sp³-hybridized carbons (Fsp3) is 0.0952. The van der Waals surface area contributed by atoms with Crippen molar-refractivity contribution in [2.45, 2.75) is 6.04 Å². The van der Waals surface area contributed by atoms with Crippen LogP contribution in [0, 0.1) is 0 Å². The number of anilines is 1. The molecule has 0 spiro atoms. The molecule has 1 aliphatic rings. The van der Waals surface area contributed by atoms with E-state index in [0.717, 1.165) is 0 Å². The number of esters is 1. The van der Waals surface area contributed by atoms with Crippen molar-refractivity contribution in [3.05, 3.63) is 86.7 Å². The van der Waals surface area contributed by atoms with Gasteiger partial charge in [-0.3, -0.25) is 14.5 Å². The van der Waals surface area contributed by atoms with Crippen LogP contribution < -0.4 is 10.3 Å². The maximum atomic E-state index is 13.3. The van der Waals surface area contributed by atoms with Crippen molar-refractivity contribution in [3.63, 3.8) is 0 Å². The van der Waals surface area contributed by atoms with Crippen molar-refractivity contribution in [3.8, 4) is 0 Å². The topological polar surface area (TPSA) is 103 Å². The second kappa shape index (κ2) is 6.89. The van der Waals surface area contributed by atoms with E-state index in [1.54, 1.807) is 48.5 Å². The number of nitrogens with zero attached hydrogens (tertiary/aromatic N) is 3. The Kier molecular flexibility index (Phi) is 4.18. The predicted molar refractivity (Wildman–Crippen MR) is 109 cm³/mol. The fourth-order valence-corrected chi connectivity index (χ4v) is 4.21. The Balaban J connectivity index is 1.75. The number of benzene rings is 2. The normalized spacial score (nSPS) is 15.4. The fourth-order valence-electron chi connectivity index (χ4n) is 3.62. The van der Waals surface area contributed by atoms with Crippen LogP contribution in [0.25, 0.3) is 11.0 Å². The first-order valence-electron chi connectivity index (χ1n) is 8.94. The lowest BCUT2D eigenvalue weighted by Crippen LogP contribution is -2.29. The van der Waals surface area contributed by atoms with Gasteiger partial charge in [-0.15, -0.1) is 10.2 Å². The van der Waals surface area contributed by atoms with E-state index < -0.39 is 17.9 Å². The number of carbonyl (C=O) groups is 2. The SMILES string of the molecule is COC(=O)c1ccc(C2c3c(oc4ccccc4c3=O)C(=O)N2c2nncs2)cc1. The summed E-state index contributed by atoms with van der Waals surface area (Å²) in [5, 5.41) is 8.58. The summed E-state index contributed by atoms with van der Waals surface area (Å²) in [6, 6.07) is 12.6. The minimum absolute atomic E-state index is 0.0176. The second-order valence-electron chi connectivity index (χ2n) is 6.58. The van der Waals surface area contributed by atoms with Crippen molar-refractivity contribution in [1.82, 2.24) is 10.2 Å². The molecule has 2 aromatic carbocycles. The molecule has 0 fully saturated rings. The van der Waals surface area contributed by atoms with E-state index in [-0.39, 0.29) is 16.8 Å². The van der Waals surface area contributed by atoms with Crippen LogP contribution in [0.4, 0.5) is 5.13 Å². The molecule has 1 aliphatic heterocycles. The Labute approximate surface area is 173 Å². The molecular formula is C21H13N3O5S. The van der Waals surface area contributed by atoms with Crippen LogP contribution in [0.15, 0.2) is 63.3 Å². The standard InChI is InChI=1S/C21H13N3O5S/c1-28-20(27)12-8-6-11(7-9-12)16-15-17(25)13-4-2-3-5-14(13)29-18(15)19(26)24(16)21-23-22-10-30-21/h2-10,16H,1H3. The average molecular weight is 419 g/mol. The molecule has 1 atom stereocenters. The average Bonchev–Trinajstić information content (AvgIpc) is 3.40. The summed E-state index contributed by atoms with van der Waals surface area (Å²) >= 11 is 1.18. The van der Waals surface area contributed by atoms with Gasteiger partial charge in [-0.05, 0) is 29.8 Å². The van der Waals surface area contributed by atoms with Crippen molar-refractivity contribution < 1.29 is 18.7 Å². The zero-order chi connectivity index (χ0) is 20.8. The summed E-state index contributed by atoms with van der Waals surface area (Å²) in [4.78, 5) is 39.8. The summed E-state index contributed by atoms with van der Waals surface area (Å²) in [6.45, 7) is 0. The number of para-hydroxylation sites is 1. The molecule has 9 heteroatoms. The third kappa shape index (κ3) is 2.63. The van der Waals surface area contributed by atoms with E-state index >= 15 is 0 Å². The Hall–Kier alpha value is -3.85. The van der Waals surface area contributed by atoms with Gasteiger partial charge in [0.15, 0.2) is 5.43 Å². The Morgan fingerprint density at radius 1 is 1.13 bits per heavy atom. The van der Waals surface area contributed by atoms with Crippen molar-refractivity contribution in [2.24, 2.45) is 0 Å². The maximum Gasteiger partial charge on any atom is 0.337 e. The lowest BCUT2D eigenvalue weighted by atomic mass is 9.98. The maximum absolute atomic E-state index is 13.3. The van der Waals surface area contributed by atoms with Crippen LogP contribution >= 0.6 is 11.3 Å². The molecule has 0 saturated carbocycles. The monoisotopic (exact) mass is 419 g/mol. The van der Waals surface area contributed by atoms with Gasteiger partial charge in [0.25, 0.3) is 5.91 Å². The number of rotatable bonds is 3. The van der Waals surface area contributed by atoms with Crippen LogP contribution in [-0.2, 0) is 4.74 Å². The van der Waals surface area contributed by atoms with Gasteiger partial charge in [0.2, 0.25) is 10.9 Å². The molecule has 4 aromatic rings. The van der Waals surface area contributed by atoms with E-state index in [1.165, 1.54) is 28.9 Å². The molecule has 5 rings (SSSR count). The van der Waals surface area contributed by atoms with E-state index in [2.05, 4.69) is 10.2 Å². The van der Waals surface area contributed by atoms with Crippen molar-refractivity contribution in [2.75, 3.05) is 12.0 Å². The van der Waals surface area contributed by atoms with Gasteiger partial charge in [0.1, 0.15) is 11.1 Å². The summed E-state index contributed by atoms with van der Waals surface area (Å²) in [5.41, 5.74) is 2.79. The molecule has 148 valence electrons. The molecule has 1 amide bonds. The highest BCUT2D eigenvalue weighted by molar-refractivity contribution is 7.13. The Morgan fingerprint density at radius 3 is 2.60 bits per heavy atom. The number of hydrogen-bond donors (Lipinski definition) is 0. The number of amides is 1. The van der Waals surface area contributed by atoms with Crippen LogP contribution in [0.5, 0.6) is 0 Å². The minimum atomic E-state index is -0.756. The van der Waals surface area contributed by atoms with Gasteiger partial charge >= 0.3 is 5.97 Å². The van der Waals surface area contributed by atoms with Gasteiger partial charge in [-0.1, -0.05) is 35.6 Å². The molecule has 0 radical (unpaired) electrons. The van der Waals surface area contributed by atoms with Gasteiger partial charge < -0.3 is 9.15 Å². The van der Waals surface area contributed by atoms with Gasteiger partial charge in [0, 0.05) is 0 Å². The van der Waals surface area contributed by atoms with Crippen LogP contribution in [0.2, 0.25) is 0 Å². The third-order valence-electron chi connectivity index (χ3n) is 4.98.